The smallest absolute Gasteiger partial charge is 0.290 e. The summed E-state index contributed by atoms with van der Waals surface area (Å²) in [6, 6.07) is 15.0. The fourth-order valence-corrected chi connectivity index (χ4v) is 3.08. The predicted molar refractivity (Wildman–Crippen MR) is 105 cm³/mol. The number of carbonyl (C=O) groups excluding carboxylic acids is 1. The summed E-state index contributed by atoms with van der Waals surface area (Å²) in [5.74, 6) is -0.128. The molecule has 0 atom stereocenters. The minimum Gasteiger partial charge on any atom is -0.451 e. The quantitative estimate of drug-likeness (QED) is 0.592. The molecule has 2 aromatic heterocycles. The van der Waals surface area contributed by atoms with Gasteiger partial charge in [0, 0.05) is 12.6 Å². The zero-order chi connectivity index (χ0) is 19.7. The molecule has 1 N–H and O–H groups in total. The molecule has 28 heavy (non-hydrogen) atoms. The minimum absolute atomic E-state index is 0.0475. The molecule has 2 aromatic carbocycles. The van der Waals surface area contributed by atoms with Gasteiger partial charge in [0.15, 0.2) is 11.2 Å². The Morgan fingerprint density at radius 3 is 2.57 bits per heavy atom. The molecular weight excluding hydrogens is 358 g/mol. The fourth-order valence-electron chi connectivity index (χ4n) is 3.08. The van der Waals surface area contributed by atoms with Crippen LogP contribution in [0.1, 0.15) is 23.3 Å². The average molecular weight is 375 g/mol. The topological polar surface area (TPSA) is 96.3 Å². The molecule has 0 aliphatic heterocycles. The van der Waals surface area contributed by atoms with Gasteiger partial charge >= 0.3 is 0 Å². The molecule has 1 amide bonds. The Morgan fingerprint density at radius 1 is 1.07 bits per heavy atom. The first kappa shape index (κ1) is 17.7. The van der Waals surface area contributed by atoms with Crippen LogP contribution in [0.3, 0.4) is 0 Å². The van der Waals surface area contributed by atoms with E-state index in [-0.39, 0.29) is 23.3 Å². The third kappa shape index (κ3) is 3.18. The van der Waals surface area contributed by atoms with Gasteiger partial charge in [0.25, 0.3) is 11.5 Å². The van der Waals surface area contributed by atoms with Crippen molar-refractivity contribution in [3.05, 3.63) is 86.8 Å². The highest BCUT2D eigenvalue weighted by Gasteiger charge is 2.20. The largest absolute Gasteiger partial charge is 0.451 e. The number of aromatic amines is 1. The maximum Gasteiger partial charge on any atom is 0.290 e. The van der Waals surface area contributed by atoms with Crippen LogP contribution in [0.2, 0.25) is 0 Å². The van der Waals surface area contributed by atoms with Gasteiger partial charge in [-0.05, 0) is 31.2 Å². The van der Waals surface area contributed by atoms with E-state index in [1.54, 1.807) is 55.5 Å². The van der Waals surface area contributed by atoms with E-state index in [0.717, 1.165) is 0 Å². The number of hydrogen-bond donors (Lipinski definition) is 1. The fraction of sp³-hybridized carbons (Fsp3) is 0.143. The lowest BCUT2D eigenvalue weighted by molar-refractivity contribution is 0.0717. The number of benzene rings is 2. The molecule has 0 aliphatic rings. The van der Waals surface area contributed by atoms with E-state index in [1.165, 1.54) is 11.0 Å². The maximum absolute atomic E-state index is 12.9. The van der Waals surface area contributed by atoms with E-state index >= 15 is 0 Å². The molecule has 0 unspecified atom stereocenters. The summed E-state index contributed by atoms with van der Waals surface area (Å²) in [5.41, 5.74) is 0.369. The molecule has 7 heteroatoms. The summed E-state index contributed by atoms with van der Waals surface area (Å²) in [5, 5.41) is 0.906. The van der Waals surface area contributed by atoms with Crippen LogP contribution in [0.15, 0.2) is 68.6 Å². The SMILES string of the molecule is CCN(Cc1nc2ccccc2c(=O)[nH]1)C(=O)c1cc(=O)c2ccccc2o1. The van der Waals surface area contributed by atoms with Crippen molar-refractivity contribution >= 4 is 27.8 Å². The summed E-state index contributed by atoms with van der Waals surface area (Å²) in [6.45, 7) is 2.24. The second-order valence-electron chi connectivity index (χ2n) is 6.32. The van der Waals surface area contributed by atoms with Gasteiger partial charge in [-0.1, -0.05) is 24.3 Å². The summed E-state index contributed by atoms with van der Waals surface area (Å²) < 4.78 is 5.64. The van der Waals surface area contributed by atoms with E-state index in [2.05, 4.69) is 9.97 Å². The molecule has 4 aromatic rings. The third-order valence-corrected chi connectivity index (χ3v) is 4.52. The van der Waals surface area contributed by atoms with Crippen molar-refractivity contribution in [1.82, 2.24) is 14.9 Å². The zero-order valence-corrected chi connectivity index (χ0v) is 15.1. The normalized spacial score (nSPS) is 11.0. The Kier molecular flexibility index (Phi) is 4.49. The molecule has 2 heterocycles. The minimum atomic E-state index is -0.443. The Morgan fingerprint density at radius 2 is 1.79 bits per heavy atom. The number of fused-ring (bicyclic) bond motifs is 2. The van der Waals surface area contributed by atoms with Gasteiger partial charge in [-0.3, -0.25) is 14.4 Å². The van der Waals surface area contributed by atoms with Crippen molar-refractivity contribution in [2.24, 2.45) is 0 Å². The Bertz CT molecular complexity index is 1310. The van der Waals surface area contributed by atoms with Crippen LogP contribution in [0.25, 0.3) is 21.9 Å². The molecule has 0 radical (unpaired) electrons. The first-order valence-corrected chi connectivity index (χ1v) is 8.87. The van der Waals surface area contributed by atoms with E-state index in [0.29, 0.717) is 34.2 Å². The Balaban J connectivity index is 1.69. The molecule has 0 spiro atoms. The number of nitrogens with one attached hydrogen (secondary N) is 1. The van der Waals surface area contributed by atoms with Crippen molar-refractivity contribution in [1.29, 1.82) is 0 Å². The molecule has 7 nitrogen and oxygen atoms in total. The number of carbonyl (C=O) groups is 1. The van der Waals surface area contributed by atoms with E-state index in [9.17, 15) is 14.4 Å². The van der Waals surface area contributed by atoms with E-state index in [1.807, 2.05) is 0 Å². The molecule has 4 rings (SSSR count). The lowest BCUT2D eigenvalue weighted by Gasteiger charge is -2.19. The van der Waals surface area contributed by atoms with E-state index in [4.69, 9.17) is 4.42 Å². The van der Waals surface area contributed by atoms with Crippen LogP contribution in [0.4, 0.5) is 0 Å². The first-order valence-electron chi connectivity index (χ1n) is 8.87. The number of hydrogen-bond acceptors (Lipinski definition) is 5. The van der Waals surface area contributed by atoms with Crippen molar-refractivity contribution in [2.45, 2.75) is 13.5 Å². The van der Waals surface area contributed by atoms with Crippen LogP contribution in [0.5, 0.6) is 0 Å². The zero-order valence-electron chi connectivity index (χ0n) is 15.1. The van der Waals surface area contributed by atoms with Crippen LogP contribution >= 0.6 is 0 Å². The molecule has 0 aliphatic carbocycles. The molecule has 0 bridgehead atoms. The predicted octanol–water partition coefficient (Wildman–Crippen LogP) is 2.69. The second-order valence-corrected chi connectivity index (χ2v) is 6.32. The number of aromatic nitrogens is 2. The van der Waals surface area contributed by atoms with Crippen molar-refractivity contribution in [3.8, 4) is 0 Å². The van der Waals surface area contributed by atoms with Crippen LogP contribution < -0.4 is 11.0 Å². The van der Waals surface area contributed by atoms with Crippen molar-refractivity contribution in [2.75, 3.05) is 6.54 Å². The Labute approximate surface area is 159 Å². The summed E-state index contributed by atoms with van der Waals surface area (Å²) in [6.07, 6.45) is 0. The van der Waals surface area contributed by atoms with Gasteiger partial charge in [-0.15, -0.1) is 0 Å². The molecule has 0 saturated heterocycles. The third-order valence-electron chi connectivity index (χ3n) is 4.52. The van der Waals surface area contributed by atoms with Crippen molar-refractivity contribution < 1.29 is 9.21 Å². The summed E-state index contributed by atoms with van der Waals surface area (Å²) >= 11 is 0. The van der Waals surface area contributed by atoms with Crippen molar-refractivity contribution in [3.63, 3.8) is 0 Å². The van der Waals surface area contributed by atoms with Gasteiger partial charge < -0.3 is 14.3 Å². The molecule has 140 valence electrons. The highest BCUT2D eigenvalue weighted by atomic mass is 16.3. The number of rotatable bonds is 4. The van der Waals surface area contributed by atoms with Crippen LogP contribution in [-0.4, -0.2) is 27.3 Å². The monoisotopic (exact) mass is 375 g/mol. The average Bonchev–Trinajstić information content (AvgIpc) is 2.71. The second kappa shape index (κ2) is 7.11. The lowest BCUT2D eigenvalue weighted by atomic mass is 10.2. The number of H-pyrrole nitrogens is 1. The first-order chi connectivity index (χ1) is 13.6. The van der Waals surface area contributed by atoms with Crippen LogP contribution in [-0.2, 0) is 6.54 Å². The summed E-state index contributed by atoms with van der Waals surface area (Å²) in [7, 11) is 0. The molecule has 0 saturated carbocycles. The van der Waals surface area contributed by atoms with Gasteiger partial charge in [0.2, 0.25) is 0 Å². The van der Waals surface area contributed by atoms with Gasteiger partial charge in [0.1, 0.15) is 11.4 Å². The maximum atomic E-state index is 12.9. The molecular formula is C21H17N3O4. The highest BCUT2D eigenvalue weighted by molar-refractivity contribution is 5.93. The van der Waals surface area contributed by atoms with Gasteiger partial charge in [-0.2, -0.15) is 0 Å². The van der Waals surface area contributed by atoms with Gasteiger partial charge in [-0.25, -0.2) is 4.98 Å². The number of para-hydroxylation sites is 2. The number of nitrogens with zero attached hydrogens (tertiary/aromatic N) is 2. The Hall–Kier alpha value is -3.74. The summed E-state index contributed by atoms with van der Waals surface area (Å²) in [4.78, 5) is 46.0. The standard InChI is InChI=1S/C21H17N3O4/c1-2-24(12-19-22-15-9-5-3-7-13(15)20(26)23-19)21(27)18-11-16(25)14-8-4-6-10-17(14)28-18/h3-11H,2,12H2,1H3,(H,22,23,26). The number of amides is 1. The highest BCUT2D eigenvalue weighted by Crippen LogP contribution is 2.14. The molecule has 0 fully saturated rings. The van der Waals surface area contributed by atoms with Gasteiger partial charge in [0.05, 0.1) is 22.8 Å². The van der Waals surface area contributed by atoms with E-state index < -0.39 is 5.91 Å². The lowest BCUT2D eigenvalue weighted by Crippen LogP contribution is -2.32. The van der Waals surface area contributed by atoms with Crippen LogP contribution in [0, 0.1) is 0 Å².